The Morgan fingerprint density at radius 1 is 1.15 bits per heavy atom. The predicted octanol–water partition coefficient (Wildman–Crippen LogP) is 0.815. The van der Waals surface area contributed by atoms with Crippen LogP contribution in [-0.2, 0) is 9.59 Å². The molecule has 27 heavy (non-hydrogen) atoms. The summed E-state index contributed by atoms with van der Waals surface area (Å²) in [6, 6.07) is 6.94. The molecule has 1 aliphatic rings. The maximum atomic E-state index is 12.5. The predicted molar refractivity (Wildman–Crippen MR) is 104 cm³/mol. The van der Waals surface area contributed by atoms with Gasteiger partial charge in [-0.15, -0.1) is 0 Å². The average molecular weight is 374 g/mol. The van der Waals surface area contributed by atoms with Crippen molar-refractivity contribution in [3.8, 4) is 0 Å². The molecule has 0 saturated carbocycles. The van der Waals surface area contributed by atoms with Crippen molar-refractivity contribution >= 4 is 17.7 Å². The van der Waals surface area contributed by atoms with Crippen molar-refractivity contribution < 1.29 is 14.4 Å². The normalized spacial score (nSPS) is 16.1. The number of carbonyl (C=O) groups excluding carboxylic acids is 3. The molecule has 2 rings (SSSR count). The van der Waals surface area contributed by atoms with E-state index in [-0.39, 0.29) is 36.2 Å². The van der Waals surface area contributed by atoms with Crippen LogP contribution in [-0.4, -0.2) is 54.3 Å². The maximum Gasteiger partial charge on any atom is 0.253 e. The Labute approximate surface area is 160 Å². The van der Waals surface area contributed by atoms with Crippen molar-refractivity contribution in [3.63, 3.8) is 0 Å². The third-order valence-corrected chi connectivity index (χ3v) is 4.89. The second-order valence-corrected chi connectivity index (χ2v) is 7.49. The van der Waals surface area contributed by atoms with Crippen molar-refractivity contribution in [2.45, 2.75) is 45.7 Å². The van der Waals surface area contributed by atoms with Gasteiger partial charge in [-0.1, -0.05) is 31.5 Å². The number of benzene rings is 1. The minimum absolute atomic E-state index is 0.00948. The molecule has 0 radical (unpaired) electrons. The summed E-state index contributed by atoms with van der Waals surface area (Å²) in [5.74, 6) is -0.514. The first-order valence-corrected chi connectivity index (χ1v) is 9.46. The van der Waals surface area contributed by atoms with Crippen LogP contribution in [0.5, 0.6) is 0 Å². The van der Waals surface area contributed by atoms with E-state index in [4.69, 9.17) is 5.73 Å². The van der Waals surface area contributed by atoms with Gasteiger partial charge in [0, 0.05) is 24.7 Å². The molecule has 1 heterocycles. The van der Waals surface area contributed by atoms with Crippen molar-refractivity contribution in [1.29, 1.82) is 0 Å². The van der Waals surface area contributed by atoms with Crippen LogP contribution < -0.4 is 16.4 Å². The van der Waals surface area contributed by atoms with Crippen LogP contribution in [0.1, 0.15) is 42.6 Å². The lowest BCUT2D eigenvalue weighted by molar-refractivity contribution is -0.127. The minimum Gasteiger partial charge on any atom is -0.352 e. The van der Waals surface area contributed by atoms with Crippen LogP contribution in [0.2, 0.25) is 0 Å². The van der Waals surface area contributed by atoms with Gasteiger partial charge < -0.3 is 21.3 Å². The number of nitrogens with zero attached hydrogens (tertiary/aromatic N) is 1. The molecule has 1 atom stereocenters. The number of aryl methyl sites for hydroxylation is 1. The number of carbonyl (C=O) groups is 3. The summed E-state index contributed by atoms with van der Waals surface area (Å²) in [5, 5.41) is 5.48. The molecule has 1 saturated heterocycles. The maximum absolute atomic E-state index is 12.5. The number of likely N-dealkylation sites (tertiary alicyclic amines) is 1. The molecule has 148 valence electrons. The Hall–Kier alpha value is -2.41. The molecule has 1 aromatic rings. The summed E-state index contributed by atoms with van der Waals surface area (Å²) >= 11 is 0. The van der Waals surface area contributed by atoms with Crippen molar-refractivity contribution in [1.82, 2.24) is 15.5 Å². The number of amides is 3. The molecule has 7 heteroatoms. The van der Waals surface area contributed by atoms with E-state index < -0.39 is 6.04 Å². The highest BCUT2D eigenvalue weighted by atomic mass is 16.2. The molecule has 0 spiro atoms. The molecule has 0 bridgehead atoms. The smallest absolute Gasteiger partial charge is 0.253 e. The Balaban J connectivity index is 1.74. The van der Waals surface area contributed by atoms with E-state index in [1.54, 1.807) is 0 Å². The van der Waals surface area contributed by atoms with Crippen LogP contribution in [0.25, 0.3) is 0 Å². The van der Waals surface area contributed by atoms with Crippen LogP contribution >= 0.6 is 0 Å². The number of piperidine rings is 1. The molecule has 0 unspecified atom stereocenters. The van der Waals surface area contributed by atoms with E-state index in [0.717, 1.165) is 5.56 Å². The second-order valence-electron chi connectivity index (χ2n) is 7.49. The fourth-order valence-electron chi connectivity index (χ4n) is 2.97. The van der Waals surface area contributed by atoms with Crippen molar-refractivity contribution in [2.75, 3.05) is 19.6 Å². The van der Waals surface area contributed by atoms with Gasteiger partial charge in [0.2, 0.25) is 11.8 Å². The summed E-state index contributed by atoms with van der Waals surface area (Å²) in [4.78, 5) is 38.2. The number of hydrogen-bond acceptors (Lipinski definition) is 4. The standard InChI is InChI=1S/C20H30N4O3/c1-13(2)18(21)19(26)22-12-17(25)23-16-8-10-24(11-9-16)20(27)15-6-4-14(3)5-7-15/h4-7,13,16,18H,8-12,21H2,1-3H3,(H,22,26)(H,23,25)/t18-/m0/s1. The Morgan fingerprint density at radius 2 is 1.74 bits per heavy atom. The SMILES string of the molecule is Cc1ccc(C(=O)N2CCC(NC(=O)CNC(=O)[C@@H](N)C(C)C)CC2)cc1. The van der Waals surface area contributed by atoms with Gasteiger partial charge in [0.05, 0.1) is 12.6 Å². The van der Waals surface area contributed by atoms with Gasteiger partial charge in [-0.05, 0) is 37.8 Å². The Morgan fingerprint density at radius 3 is 2.30 bits per heavy atom. The molecule has 1 fully saturated rings. The number of nitrogens with two attached hydrogens (primary N) is 1. The second kappa shape index (κ2) is 9.50. The lowest BCUT2D eigenvalue weighted by Gasteiger charge is -2.32. The zero-order valence-electron chi connectivity index (χ0n) is 16.3. The van der Waals surface area contributed by atoms with E-state index in [1.165, 1.54) is 0 Å². The first-order chi connectivity index (χ1) is 12.8. The summed E-state index contributed by atoms with van der Waals surface area (Å²) in [7, 11) is 0. The molecule has 4 N–H and O–H groups in total. The minimum atomic E-state index is -0.617. The zero-order chi connectivity index (χ0) is 20.0. The number of rotatable bonds is 6. The van der Waals surface area contributed by atoms with Gasteiger partial charge >= 0.3 is 0 Å². The van der Waals surface area contributed by atoms with Gasteiger partial charge in [-0.3, -0.25) is 14.4 Å². The summed E-state index contributed by atoms with van der Waals surface area (Å²) in [6.45, 7) is 6.82. The topological polar surface area (TPSA) is 105 Å². The first kappa shape index (κ1) is 20.9. The molecular formula is C20H30N4O3. The van der Waals surface area contributed by atoms with Crippen LogP contribution in [0, 0.1) is 12.8 Å². The highest BCUT2D eigenvalue weighted by Gasteiger charge is 2.25. The van der Waals surface area contributed by atoms with Crippen LogP contribution in [0.4, 0.5) is 0 Å². The lowest BCUT2D eigenvalue weighted by atomic mass is 10.0. The van der Waals surface area contributed by atoms with E-state index in [9.17, 15) is 14.4 Å². The molecule has 3 amide bonds. The van der Waals surface area contributed by atoms with E-state index in [0.29, 0.717) is 31.5 Å². The zero-order valence-corrected chi connectivity index (χ0v) is 16.3. The van der Waals surface area contributed by atoms with Crippen LogP contribution in [0.15, 0.2) is 24.3 Å². The average Bonchev–Trinajstić information content (AvgIpc) is 2.66. The number of hydrogen-bond donors (Lipinski definition) is 3. The summed E-state index contributed by atoms with van der Waals surface area (Å²) in [6.07, 6.45) is 1.39. The van der Waals surface area contributed by atoms with Gasteiger partial charge in [0.15, 0.2) is 0 Å². The highest BCUT2D eigenvalue weighted by molar-refractivity contribution is 5.94. The van der Waals surface area contributed by atoms with Crippen molar-refractivity contribution in [3.05, 3.63) is 35.4 Å². The fraction of sp³-hybridized carbons (Fsp3) is 0.550. The molecule has 1 aliphatic heterocycles. The van der Waals surface area contributed by atoms with Gasteiger partial charge in [0.1, 0.15) is 0 Å². The van der Waals surface area contributed by atoms with Gasteiger partial charge in [-0.25, -0.2) is 0 Å². The largest absolute Gasteiger partial charge is 0.352 e. The highest BCUT2D eigenvalue weighted by Crippen LogP contribution is 2.14. The number of nitrogens with one attached hydrogen (secondary N) is 2. The molecule has 7 nitrogen and oxygen atoms in total. The van der Waals surface area contributed by atoms with Gasteiger partial charge in [-0.2, -0.15) is 0 Å². The summed E-state index contributed by atoms with van der Waals surface area (Å²) < 4.78 is 0. The van der Waals surface area contributed by atoms with Gasteiger partial charge in [0.25, 0.3) is 5.91 Å². The third kappa shape index (κ3) is 6.06. The Bertz CT molecular complexity index is 664. The molecule has 0 aromatic heterocycles. The van der Waals surface area contributed by atoms with Crippen LogP contribution in [0.3, 0.4) is 0 Å². The van der Waals surface area contributed by atoms with Crippen molar-refractivity contribution in [2.24, 2.45) is 11.7 Å². The monoisotopic (exact) mass is 374 g/mol. The Kier molecular flexibility index (Phi) is 7.36. The first-order valence-electron chi connectivity index (χ1n) is 9.46. The quantitative estimate of drug-likeness (QED) is 0.685. The molecule has 1 aromatic carbocycles. The summed E-state index contributed by atoms with van der Waals surface area (Å²) in [5.41, 5.74) is 7.56. The lowest BCUT2D eigenvalue weighted by Crippen LogP contribution is -2.50. The van der Waals surface area contributed by atoms with E-state index in [1.807, 2.05) is 49.9 Å². The van der Waals surface area contributed by atoms with E-state index >= 15 is 0 Å². The molecular weight excluding hydrogens is 344 g/mol. The van der Waals surface area contributed by atoms with E-state index in [2.05, 4.69) is 10.6 Å². The third-order valence-electron chi connectivity index (χ3n) is 4.89. The fourth-order valence-corrected chi connectivity index (χ4v) is 2.97. The molecule has 0 aliphatic carbocycles.